The highest BCUT2D eigenvalue weighted by Crippen LogP contribution is 2.33. The Bertz CT molecular complexity index is 653. The molecule has 0 N–H and O–H groups in total. The van der Waals surface area contributed by atoms with Crippen LogP contribution in [0.1, 0.15) is 37.7 Å². The summed E-state index contributed by atoms with van der Waals surface area (Å²) in [6.45, 7) is 2.70. The molecular formula is C14H14N4O2. The highest BCUT2D eigenvalue weighted by molar-refractivity contribution is 5.54. The largest absolute Gasteiger partial charge is 0.367 e. The lowest BCUT2D eigenvalue weighted by atomic mass is 9.95. The van der Waals surface area contributed by atoms with Crippen LogP contribution >= 0.6 is 0 Å². The molecule has 0 aromatic carbocycles. The molecule has 0 saturated carbocycles. The van der Waals surface area contributed by atoms with Gasteiger partial charge >= 0.3 is 0 Å². The summed E-state index contributed by atoms with van der Waals surface area (Å²) in [6, 6.07) is 5.35. The number of pyridine rings is 1. The molecule has 0 radical (unpaired) electrons. The molecule has 2 aromatic rings. The maximum Gasteiger partial charge on any atom is 0.258 e. The number of nitriles is 1. The molecule has 2 aromatic heterocycles. The Labute approximate surface area is 116 Å². The fourth-order valence-corrected chi connectivity index (χ4v) is 2.29. The van der Waals surface area contributed by atoms with Gasteiger partial charge in [-0.25, -0.2) is 4.98 Å². The summed E-state index contributed by atoms with van der Waals surface area (Å²) in [4.78, 5) is 8.33. The van der Waals surface area contributed by atoms with Crippen molar-refractivity contribution < 1.29 is 9.26 Å². The van der Waals surface area contributed by atoms with Gasteiger partial charge in [0.1, 0.15) is 17.4 Å². The Morgan fingerprint density at radius 3 is 3.05 bits per heavy atom. The van der Waals surface area contributed by atoms with E-state index < -0.39 is 5.60 Å². The molecular weight excluding hydrogens is 256 g/mol. The van der Waals surface area contributed by atoms with Crippen molar-refractivity contribution in [2.45, 2.75) is 31.8 Å². The van der Waals surface area contributed by atoms with E-state index >= 15 is 0 Å². The van der Waals surface area contributed by atoms with Crippen LogP contribution in [-0.4, -0.2) is 21.7 Å². The smallest absolute Gasteiger partial charge is 0.258 e. The van der Waals surface area contributed by atoms with E-state index in [1.165, 1.54) is 0 Å². The average Bonchev–Trinajstić information content (AvgIpc) is 2.99. The van der Waals surface area contributed by atoms with Gasteiger partial charge in [-0.3, -0.25) is 0 Å². The van der Waals surface area contributed by atoms with Gasteiger partial charge in [-0.2, -0.15) is 10.2 Å². The zero-order valence-corrected chi connectivity index (χ0v) is 11.2. The maximum atomic E-state index is 8.86. The van der Waals surface area contributed by atoms with Crippen molar-refractivity contribution in [3.63, 3.8) is 0 Å². The number of hydrogen-bond donors (Lipinski definition) is 0. The van der Waals surface area contributed by atoms with Crippen molar-refractivity contribution in [3.05, 3.63) is 29.8 Å². The molecule has 3 heterocycles. The van der Waals surface area contributed by atoms with Crippen molar-refractivity contribution in [1.29, 1.82) is 5.26 Å². The maximum absolute atomic E-state index is 8.86. The van der Waals surface area contributed by atoms with Gasteiger partial charge in [-0.15, -0.1) is 0 Å². The fourth-order valence-electron chi connectivity index (χ4n) is 2.29. The standard InChI is InChI=1S/C14H14N4O2/c1-14(5-2-3-7-19-14)13-17-12(20-18-13)10-4-6-16-11(8-10)9-15/h4,6,8H,2-3,5,7H2,1H3. The molecule has 0 spiro atoms. The van der Waals surface area contributed by atoms with Gasteiger partial charge in [0.2, 0.25) is 5.82 Å². The summed E-state index contributed by atoms with van der Waals surface area (Å²) in [5, 5.41) is 12.9. The second-order valence-corrected chi connectivity index (χ2v) is 5.00. The fraction of sp³-hybridized carbons (Fsp3) is 0.429. The number of rotatable bonds is 2. The van der Waals surface area contributed by atoms with Crippen LogP contribution in [0.5, 0.6) is 0 Å². The first-order valence-electron chi connectivity index (χ1n) is 6.56. The normalized spacial score (nSPS) is 22.4. The van der Waals surface area contributed by atoms with E-state index in [4.69, 9.17) is 14.5 Å². The van der Waals surface area contributed by atoms with Crippen molar-refractivity contribution in [2.75, 3.05) is 6.61 Å². The number of hydrogen-bond acceptors (Lipinski definition) is 6. The van der Waals surface area contributed by atoms with Gasteiger partial charge in [0.05, 0.1) is 0 Å². The van der Waals surface area contributed by atoms with Crippen LogP contribution in [0, 0.1) is 11.3 Å². The van der Waals surface area contributed by atoms with Crippen molar-refractivity contribution in [3.8, 4) is 17.5 Å². The lowest BCUT2D eigenvalue weighted by molar-refractivity contribution is -0.0770. The van der Waals surface area contributed by atoms with Crippen LogP contribution < -0.4 is 0 Å². The van der Waals surface area contributed by atoms with Crippen LogP contribution in [0.2, 0.25) is 0 Å². The van der Waals surface area contributed by atoms with E-state index in [0.717, 1.165) is 19.3 Å². The molecule has 1 unspecified atom stereocenters. The third-order valence-corrected chi connectivity index (χ3v) is 3.49. The first-order chi connectivity index (χ1) is 9.71. The monoisotopic (exact) mass is 270 g/mol. The Hall–Kier alpha value is -2.26. The van der Waals surface area contributed by atoms with Gasteiger partial charge in [0, 0.05) is 18.4 Å². The predicted octanol–water partition coefficient (Wildman–Crippen LogP) is 2.42. The molecule has 1 aliphatic rings. The van der Waals surface area contributed by atoms with Crippen molar-refractivity contribution in [1.82, 2.24) is 15.1 Å². The van der Waals surface area contributed by atoms with E-state index in [1.54, 1.807) is 18.3 Å². The Kier molecular flexibility index (Phi) is 3.20. The molecule has 3 rings (SSSR count). The third kappa shape index (κ3) is 2.28. The van der Waals surface area contributed by atoms with Gasteiger partial charge in [-0.1, -0.05) is 5.16 Å². The topological polar surface area (TPSA) is 84.8 Å². The first-order valence-corrected chi connectivity index (χ1v) is 6.56. The van der Waals surface area contributed by atoms with Crippen LogP contribution in [-0.2, 0) is 10.3 Å². The van der Waals surface area contributed by atoms with Crippen LogP contribution in [0.15, 0.2) is 22.9 Å². The van der Waals surface area contributed by atoms with Crippen LogP contribution in [0.3, 0.4) is 0 Å². The van der Waals surface area contributed by atoms with E-state index in [0.29, 0.717) is 29.6 Å². The second kappa shape index (κ2) is 5.02. The molecule has 0 aliphatic carbocycles. The van der Waals surface area contributed by atoms with Gasteiger partial charge in [-0.05, 0) is 38.3 Å². The minimum absolute atomic E-state index is 0.322. The first kappa shape index (κ1) is 12.8. The molecule has 1 atom stereocenters. The highest BCUT2D eigenvalue weighted by atomic mass is 16.5. The lowest BCUT2D eigenvalue weighted by Gasteiger charge is -2.30. The minimum atomic E-state index is -0.481. The van der Waals surface area contributed by atoms with Gasteiger partial charge in [0.25, 0.3) is 5.89 Å². The molecule has 102 valence electrons. The Morgan fingerprint density at radius 2 is 2.30 bits per heavy atom. The Morgan fingerprint density at radius 1 is 1.40 bits per heavy atom. The summed E-state index contributed by atoms with van der Waals surface area (Å²) < 4.78 is 11.1. The van der Waals surface area contributed by atoms with Gasteiger partial charge < -0.3 is 9.26 Å². The zero-order chi connectivity index (χ0) is 14.0. The molecule has 1 saturated heterocycles. The molecule has 0 amide bonds. The van der Waals surface area contributed by atoms with E-state index in [2.05, 4.69) is 15.1 Å². The van der Waals surface area contributed by atoms with Crippen LogP contribution in [0.25, 0.3) is 11.5 Å². The van der Waals surface area contributed by atoms with Crippen LogP contribution in [0.4, 0.5) is 0 Å². The zero-order valence-electron chi connectivity index (χ0n) is 11.2. The lowest BCUT2D eigenvalue weighted by Crippen LogP contribution is -2.31. The van der Waals surface area contributed by atoms with Gasteiger partial charge in [0.15, 0.2) is 0 Å². The van der Waals surface area contributed by atoms with E-state index in [1.807, 2.05) is 13.0 Å². The summed E-state index contributed by atoms with van der Waals surface area (Å²) in [7, 11) is 0. The summed E-state index contributed by atoms with van der Waals surface area (Å²) in [5.74, 6) is 0.941. The third-order valence-electron chi connectivity index (χ3n) is 3.49. The summed E-state index contributed by atoms with van der Waals surface area (Å²) in [5.41, 5.74) is 0.530. The average molecular weight is 270 g/mol. The SMILES string of the molecule is CC1(c2noc(-c3ccnc(C#N)c3)n2)CCCCO1. The number of ether oxygens (including phenoxy) is 1. The molecule has 6 nitrogen and oxygen atoms in total. The van der Waals surface area contributed by atoms with E-state index in [9.17, 15) is 0 Å². The molecule has 20 heavy (non-hydrogen) atoms. The molecule has 1 aliphatic heterocycles. The molecule has 0 bridgehead atoms. The number of aromatic nitrogens is 3. The molecule has 1 fully saturated rings. The Balaban J connectivity index is 1.91. The second-order valence-electron chi connectivity index (χ2n) is 5.00. The summed E-state index contributed by atoms with van der Waals surface area (Å²) in [6.07, 6.45) is 4.59. The molecule has 6 heteroatoms. The minimum Gasteiger partial charge on any atom is -0.367 e. The summed E-state index contributed by atoms with van der Waals surface area (Å²) >= 11 is 0. The highest BCUT2D eigenvalue weighted by Gasteiger charge is 2.35. The quantitative estimate of drug-likeness (QED) is 0.833. The van der Waals surface area contributed by atoms with Crippen molar-refractivity contribution >= 4 is 0 Å². The van der Waals surface area contributed by atoms with E-state index in [-0.39, 0.29) is 0 Å². The van der Waals surface area contributed by atoms with Crippen molar-refractivity contribution in [2.24, 2.45) is 0 Å². The number of nitrogens with zero attached hydrogens (tertiary/aromatic N) is 4. The predicted molar refractivity (Wildman–Crippen MR) is 69.4 cm³/mol.